The molecule has 1 saturated carbocycles. The lowest BCUT2D eigenvalue weighted by atomic mass is 10.1. The predicted octanol–water partition coefficient (Wildman–Crippen LogP) is 1.72. The van der Waals surface area contributed by atoms with Crippen LogP contribution in [0, 0.1) is 5.92 Å². The summed E-state index contributed by atoms with van der Waals surface area (Å²) in [6.07, 6.45) is 2.33. The molecule has 0 radical (unpaired) electrons. The lowest BCUT2D eigenvalue weighted by molar-refractivity contribution is 0.171. The molecule has 0 bridgehead atoms. The molecule has 1 aromatic rings. The van der Waals surface area contributed by atoms with E-state index in [2.05, 4.69) is 34.6 Å². The lowest BCUT2D eigenvalue weighted by Gasteiger charge is -2.22. The molecule has 1 aliphatic rings. The molecular formula is C13H23N5O. The van der Waals surface area contributed by atoms with Gasteiger partial charge in [0, 0.05) is 19.1 Å². The Morgan fingerprint density at radius 3 is 2.58 bits per heavy atom. The first-order valence-corrected chi connectivity index (χ1v) is 6.75. The highest BCUT2D eigenvalue weighted by molar-refractivity contribution is 5.48. The van der Waals surface area contributed by atoms with Gasteiger partial charge in [-0.1, -0.05) is 13.8 Å². The highest BCUT2D eigenvalue weighted by Crippen LogP contribution is 2.38. The quantitative estimate of drug-likeness (QED) is 0.514. The fraction of sp³-hybridized carbons (Fsp3) is 0.692. The van der Waals surface area contributed by atoms with Crippen LogP contribution in [0.25, 0.3) is 0 Å². The van der Waals surface area contributed by atoms with Crippen molar-refractivity contribution >= 4 is 11.6 Å². The van der Waals surface area contributed by atoms with Crippen molar-refractivity contribution < 1.29 is 4.74 Å². The molecule has 0 spiro atoms. The molecule has 1 fully saturated rings. The van der Waals surface area contributed by atoms with Crippen molar-refractivity contribution in [3.8, 4) is 0 Å². The number of nitrogens with zero attached hydrogens (tertiary/aromatic N) is 2. The molecule has 0 saturated heterocycles. The first-order valence-electron chi connectivity index (χ1n) is 6.75. The Morgan fingerprint density at radius 2 is 2.05 bits per heavy atom. The maximum atomic E-state index is 5.46. The van der Waals surface area contributed by atoms with Gasteiger partial charge >= 0.3 is 0 Å². The maximum Gasteiger partial charge on any atom is 0.145 e. The smallest absolute Gasteiger partial charge is 0.145 e. The van der Waals surface area contributed by atoms with Gasteiger partial charge in [0.2, 0.25) is 0 Å². The van der Waals surface area contributed by atoms with E-state index >= 15 is 0 Å². The number of anilines is 2. The summed E-state index contributed by atoms with van der Waals surface area (Å²) in [5.74, 6) is 8.74. The Hall–Kier alpha value is -1.40. The van der Waals surface area contributed by atoms with Crippen molar-refractivity contribution in [3.63, 3.8) is 0 Å². The van der Waals surface area contributed by atoms with Crippen LogP contribution in [-0.2, 0) is 4.74 Å². The second-order valence-corrected chi connectivity index (χ2v) is 5.37. The van der Waals surface area contributed by atoms with Crippen molar-refractivity contribution in [1.82, 2.24) is 9.97 Å². The van der Waals surface area contributed by atoms with Crippen molar-refractivity contribution in [2.75, 3.05) is 24.5 Å². The molecule has 0 aromatic carbocycles. The summed E-state index contributed by atoms with van der Waals surface area (Å²) in [6, 6.07) is 2.05. The van der Waals surface area contributed by atoms with E-state index in [9.17, 15) is 0 Å². The summed E-state index contributed by atoms with van der Waals surface area (Å²) in [6.45, 7) is 4.95. The predicted molar refractivity (Wildman–Crippen MR) is 75.9 cm³/mol. The van der Waals surface area contributed by atoms with E-state index in [4.69, 9.17) is 10.6 Å². The number of nitrogen functional groups attached to an aromatic ring is 1. The zero-order chi connectivity index (χ0) is 13.8. The number of hydrogen-bond donors (Lipinski definition) is 3. The van der Waals surface area contributed by atoms with Crippen molar-refractivity contribution in [3.05, 3.63) is 11.9 Å². The Labute approximate surface area is 114 Å². The van der Waals surface area contributed by atoms with Crippen LogP contribution in [0.5, 0.6) is 0 Å². The van der Waals surface area contributed by atoms with Crippen LogP contribution in [0.2, 0.25) is 0 Å². The topological polar surface area (TPSA) is 85.1 Å². The number of methoxy groups -OCH3 is 1. The third-order valence-electron chi connectivity index (χ3n) is 3.32. The van der Waals surface area contributed by atoms with E-state index in [1.54, 1.807) is 7.11 Å². The number of rotatable bonds is 7. The first kappa shape index (κ1) is 14.0. The molecule has 1 aliphatic carbocycles. The lowest BCUT2D eigenvalue weighted by Crippen LogP contribution is -2.31. The number of hydrazine groups is 1. The summed E-state index contributed by atoms with van der Waals surface area (Å²) in [4.78, 5) is 8.97. The number of ether oxygens (including phenoxy) is 1. The summed E-state index contributed by atoms with van der Waals surface area (Å²) >= 11 is 0. The zero-order valence-corrected chi connectivity index (χ0v) is 11.8. The van der Waals surface area contributed by atoms with Gasteiger partial charge in [-0.15, -0.1) is 0 Å². The van der Waals surface area contributed by atoms with E-state index in [1.165, 1.54) is 12.8 Å². The van der Waals surface area contributed by atoms with Gasteiger partial charge in [-0.2, -0.15) is 0 Å². The van der Waals surface area contributed by atoms with Gasteiger partial charge in [-0.25, -0.2) is 15.8 Å². The number of hydrogen-bond acceptors (Lipinski definition) is 6. The van der Waals surface area contributed by atoms with Gasteiger partial charge in [0.1, 0.15) is 17.5 Å². The first-order chi connectivity index (χ1) is 9.13. The molecule has 106 valence electrons. The van der Waals surface area contributed by atoms with Gasteiger partial charge in [0.05, 0.1) is 12.6 Å². The van der Waals surface area contributed by atoms with Crippen LogP contribution in [0.3, 0.4) is 0 Å². The average Bonchev–Trinajstić information content (AvgIpc) is 3.22. The molecule has 0 aliphatic heterocycles. The van der Waals surface area contributed by atoms with Crippen LogP contribution < -0.4 is 16.6 Å². The van der Waals surface area contributed by atoms with E-state index < -0.39 is 0 Å². The van der Waals surface area contributed by atoms with Crippen molar-refractivity contribution in [2.24, 2.45) is 11.8 Å². The molecule has 19 heavy (non-hydrogen) atoms. The molecule has 6 nitrogen and oxygen atoms in total. The van der Waals surface area contributed by atoms with Crippen LogP contribution in [0.4, 0.5) is 11.6 Å². The fourth-order valence-corrected chi connectivity index (χ4v) is 1.91. The van der Waals surface area contributed by atoms with Crippen LogP contribution in [0.15, 0.2) is 6.07 Å². The Morgan fingerprint density at radius 1 is 1.37 bits per heavy atom. The van der Waals surface area contributed by atoms with Crippen molar-refractivity contribution in [1.29, 1.82) is 0 Å². The number of nitrogens with two attached hydrogens (primary N) is 1. The van der Waals surface area contributed by atoms with Crippen LogP contribution in [-0.4, -0.2) is 29.7 Å². The van der Waals surface area contributed by atoms with Gasteiger partial charge in [-0.05, 0) is 18.8 Å². The number of nitrogens with one attached hydrogen (secondary N) is 2. The number of aromatic nitrogens is 2. The summed E-state index contributed by atoms with van der Waals surface area (Å²) < 4.78 is 5.24. The molecule has 6 heteroatoms. The van der Waals surface area contributed by atoms with Crippen LogP contribution in [0.1, 0.15) is 38.4 Å². The standard InChI is InChI=1S/C13H23N5O/c1-8(2)10(7-19-3)15-11-6-12(18-14)17-13(16-11)9-4-5-9/h6,8-10H,4-5,7,14H2,1-3H3,(H2,15,16,17,18). The second-order valence-electron chi connectivity index (χ2n) is 5.37. The van der Waals surface area contributed by atoms with E-state index in [1.807, 2.05) is 6.07 Å². The van der Waals surface area contributed by atoms with Gasteiger partial charge in [-0.3, -0.25) is 0 Å². The highest BCUT2D eigenvalue weighted by atomic mass is 16.5. The zero-order valence-electron chi connectivity index (χ0n) is 11.8. The minimum atomic E-state index is 0.220. The maximum absolute atomic E-state index is 5.46. The molecule has 1 atom stereocenters. The van der Waals surface area contributed by atoms with Crippen molar-refractivity contribution in [2.45, 2.75) is 38.6 Å². The molecule has 0 amide bonds. The minimum Gasteiger partial charge on any atom is -0.383 e. The summed E-state index contributed by atoms with van der Waals surface area (Å²) in [5.41, 5.74) is 2.60. The summed E-state index contributed by atoms with van der Waals surface area (Å²) in [7, 11) is 1.71. The third-order valence-corrected chi connectivity index (χ3v) is 3.32. The van der Waals surface area contributed by atoms with Gasteiger partial charge in [0.15, 0.2) is 0 Å². The Bertz CT molecular complexity index is 419. The second kappa shape index (κ2) is 6.16. The molecule has 1 unspecified atom stereocenters. The third kappa shape index (κ3) is 3.78. The largest absolute Gasteiger partial charge is 0.383 e. The summed E-state index contributed by atoms with van der Waals surface area (Å²) in [5, 5.41) is 3.41. The normalized spacial score (nSPS) is 16.5. The molecule has 2 rings (SSSR count). The fourth-order valence-electron chi connectivity index (χ4n) is 1.91. The molecule has 1 heterocycles. The molecule has 1 aromatic heterocycles. The van der Waals surface area contributed by atoms with Crippen LogP contribution >= 0.6 is 0 Å². The Balaban J connectivity index is 2.15. The average molecular weight is 265 g/mol. The minimum absolute atomic E-state index is 0.220. The SMILES string of the molecule is COCC(Nc1cc(NN)nc(C2CC2)n1)C(C)C. The molecular weight excluding hydrogens is 242 g/mol. The van der Waals surface area contributed by atoms with Gasteiger partial charge < -0.3 is 15.5 Å². The Kier molecular flexibility index (Phi) is 4.55. The van der Waals surface area contributed by atoms with E-state index in [0.29, 0.717) is 24.3 Å². The van der Waals surface area contributed by atoms with E-state index in [-0.39, 0.29) is 6.04 Å². The van der Waals surface area contributed by atoms with E-state index in [0.717, 1.165) is 11.6 Å². The molecule has 4 N–H and O–H groups in total. The van der Waals surface area contributed by atoms with Gasteiger partial charge in [0.25, 0.3) is 0 Å². The highest BCUT2D eigenvalue weighted by Gasteiger charge is 2.27. The monoisotopic (exact) mass is 265 g/mol.